The van der Waals surface area contributed by atoms with E-state index in [0.717, 1.165) is 0 Å². The highest BCUT2D eigenvalue weighted by atomic mass is 35.5. The summed E-state index contributed by atoms with van der Waals surface area (Å²) in [7, 11) is -4.33. The molecule has 1 heterocycles. The number of hydrogen-bond donors (Lipinski definition) is 3. The molecule has 0 fully saturated rings. The molecule has 4 aromatic carbocycles. The second kappa shape index (κ2) is 12.8. The zero-order valence-corrected chi connectivity index (χ0v) is 25.4. The smallest absolute Gasteiger partial charge is 0.275 e. The predicted octanol–water partition coefficient (Wildman–Crippen LogP) is 5.45. The fraction of sp³-hybridized carbons (Fsp3) is 0.121. The Morgan fingerprint density at radius 3 is 2.02 bits per heavy atom. The Balaban J connectivity index is 1.69. The number of amides is 1. The molecule has 3 N–H and O–H groups in total. The van der Waals surface area contributed by atoms with Crippen molar-refractivity contribution in [3.05, 3.63) is 147 Å². The van der Waals surface area contributed by atoms with Gasteiger partial charge in [-0.1, -0.05) is 72.3 Å². The van der Waals surface area contributed by atoms with Crippen LogP contribution >= 0.6 is 11.6 Å². The van der Waals surface area contributed by atoms with Gasteiger partial charge < -0.3 is 5.32 Å². The first-order valence-electron chi connectivity index (χ1n) is 13.7. The highest BCUT2D eigenvalue weighted by Gasteiger charge is 2.38. The molecule has 0 unspecified atom stereocenters. The SMILES string of the molecule is CC(=O)Nc1ccc(S(=O)(=O)N[C@@H](C(=O)c2ccccc2)[C@H](c2ccc(Cl)cc2)c2c(C)[nH]n(-c3ccccc3)c2=O)cc1. The summed E-state index contributed by atoms with van der Waals surface area (Å²) in [5, 5.41) is 6.13. The number of nitrogens with zero attached hydrogens (tertiary/aromatic N) is 1. The van der Waals surface area contributed by atoms with Crippen LogP contribution in [0.2, 0.25) is 5.02 Å². The minimum Gasteiger partial charge on any atom is -0.326 e. The van der Waals surface area contributed by atoms with Crippen LogP contribution < -0.4 is 15.6 Å². The molecule has 9 nitrogen and oxygen atoms in total. The molecule has 0 aliphatic carbocycles. The van der Waals surface area contributed by atoms with Crippen molar-refractivity contribution in [3.8, 4) is 5.69 Å². The number of benzene rings is 4. The number of rotatable bonds is 10. The van der Waals surface area contributed by atoms with Crippen molar-refractivity contribution < 1.29 is 18.0 Å². The van der Waals surface area contributed by atoms with Crippen molar-refractivity contribution in [3.63, 3.8) is 0 Å². The van der Waals surface area contributed by atoms with Crippen LogP contribution in [0.15, 0.2) is 119 Å². The Morgan fingerprint density at radius 2 is 1.43 bits per heavy atom. The number of aryl methyl sites for hydroxylation is 1. The summed E-state index contributed by atoms with van der Waals surface area (Å²) in [6.45, 7) is 3.05. The van der Waals surface area contributed by atoms with Gasteiger partial charge >= 0.3 is 0 Å². The highest BCUT2D eigenvalue weighted by molar-refractivity contribution is 7.89. The molecule has 5 rings (SSSR count). The number of carbonyl (C=O) groups excluding carboxylic acids is 2. The van der Waals surface area contributed by atoms with E-state index in [4.69, 9.17) is 11.6 Å². The maximum atomic E-state index is 14.3. The molecule has 224 valence electrons. The van der Waals surface area contributed by atoms with Gasteiger partial charge in [-0.05, 0) is 61.0 Å². The summed E-state index contributed by atoms with van der Waals surface area (Å²) in [5.41, 5.74) is 2.00. The van der Waals surface area contributed by atoms with Gasteiger partial charge in [-0.25, -0.2) is 13.1 Å². The second-order valence-corrected chi connectivity index (χ2v) is 12.3. The highest BCUT2D eigenvalue weighted by Crippen LogP contribution is 2.32. The number of aromatic nitrogens is 2. The van der Waals surface area contributed by atoms with Gasteiger partial charge in [0.05, 0.1) is 16.6 Å². The van der Waals surface area contributed by atoms with Gasteiger partial charge in [-0.2, -0.15) is 4.72 Å². The third kappa shape index (κ3) is 6.57. The molecule has 0 radical (unpaired) electrons. The van der Waals surface area contributed by atoms with E-state index in [1.165, 1.54) is 35.9 Å². The van der Waals surface area contributed by atoms with E-state index in [0.29, 0.717) is 27.7 Å². The number of Topliss-reactive ketones (excluding diaryl/α,β-unsaturated/α-hetero) is 1. The molecule has 0 spiro atoms. The van der Waals surface area contributed by atoms with Gasteiger partial charge in [-0.15, -0.1) is 0 Å². The normalized spacial score (nSPS) is 12.8. The molecular formula is C33H29ClN4O5S. The first kappa shape index (κ1) is 30.7. The zero-order valence-electron chi connectivity index (χ0n) is 23.8. The van der Waals surface area contributed by atoms with Crippen LogP contribution in [0.5, 0.6) is 0 Å². The van der Waals surface area contributed by atoms with Crippen LogP contribution in [-0.2, 0) is 14.8 Å². The average molecular weight is 629 g/mol. The molecule has 0 bridgehead atoms. The molecule has 0 aliphatic heterocycles. The van der Waals surface area contributed by atoms with Gasteiger partial charge in [0.1, 0.15) is 0 Å². The van der Waals surface area contributed by atoms with Crippen molar-refractivity contribution in [1.82, 2.24) is 14.5 Å². The van der Waals surface area contributed by atoms with Gasteiger partial charge in [0, 0.05) is 40.4 Å². The number of hydrogen-bond acceptors (Lipinski definition) is 5. The average Bonchev–Trinajstić information content (AvgIpc) is 3.31. The summed E-state index contributed by atoms with van der Waals surface area (Å²) in [5.74, 6) is -1.89. The Morgan fingerprint density at radius 1 is 0.841 bits per heavy atom. The van der Waals surface area contributed by atoms with E-state index < -0.39 is 33.3 Å². The third-order valence-corrected chi connectivity index (χ3v) is 8.82. The lowest BCUT2D eigenvalue weighted by atomic mass is 9.82. The van der Waals surface area contributed by atoms with E-state index in [2.05, 4.69) is 15.1 Å². The van der Waals surface area contributed by atoms with Crippen molar-refractivity contribution >= 4 is 39.0 Å². The Hall–Kier alpha value is -4.77. The van der Waals surface area contributed by atoms with Crippen LogP contribution in [0.1, 0.15) is 40.0 Å². The van der Waals surface area contributed by atoms with Gasteiger partial charge in [0.25, 0.3) is 5.56 Å². The molecule has 1 aromatic heterocycles. The fourth-order valence-corrected chi connectivity index (χ4v) is 6.43. The van der Waals surface area contributed by atoms with Crippen molar-refractivity contribution in [1.29, 1.82) is 0 Å². The number of halogens is 1. The monoisotopic (exact) mass is 628 g/mol. The van der Waals surface area contributed by atoms with Crippen molar-refractivity contribution in [2.45, 2.75) is 30.7 Å². The fourth-order valence-electron chi connectivity index (χ4n) is 5.09. The number of aromatic amines is 1. The summed E-state index contributed by atoms with van der Waals surface area (Å²) in [6, 6.07) is 28.0. The Bertz CT molecular complexity index is 1960. The summed E-state index contributed by atoms with van der Waals surface area (Å²) >= 11 is 6.20. The number of nitrogens with one attached hydrogen (secondary N) is 3. The first-order chi connectivity index (χ1) is 21.0. The number of para-hydroxylation sites is 1. The predicted molar refractivity (Wildman–Crippen MR) is 170 cm³/mol. The van der Waals surface area contributed by atoms with Gasteiger partial charge in [0.2, 0.25) is 15.9 Å². The molecule has 1 amide bonds. The quantitative estimate of drug-likeness (QED) is 0.177. The third-order valence-electron chi connectivity index (χ3n) is 7.11. The largest absolute Gasteiger partial charge is 0.326 e. The molecule has 0 saturated heterocycles. The number of anilines is 1. The van der Waals surface area contributed by atoms with Crippen LogP contribution in [0.3, 0.4) is 0 Å². The Labute approximate surface area is 259 Å². The minimum atomic E-state index is -4.33. The van der Waals surface area contributed by atoms with Gasteiger partial charge in [-0.3, -0.25) is 19.5 Å². The molecule has 5 aromatic rings. The summed E-state index contributed by atoms with van der Waals surface area (Å²) in [4.78, 5) is 39.7. The maximum absolute atomic E-state index is 14.3. The first-order valence-corrected chi connectivity index (χ1v) is 15.5. The maximum Gasteiger partial charge on any atom is 0.275 e. The van der Waals surface area contributed by atoms with E-state index in [1.54, 1.807) is 85.8 Å². The molecule has 44 heavy (non-hydrogen) atoms. The lowest BCUT2D eigenvalue weighted by Crippen LogP contribution is -2.46. The molecule has 2 atom stereocenters. The van der Waals surface area contributed by atoms with Crippen LogP contribution in [0, 0.1) is 6.92 Å². The van der Waals surface area contributed by atoms with Gasteiger partial charge in [0.15, 0.2) is 5.78 Å². The molecule has 11 heteroatoms. The molecular weight excluding hydrogens is 600 g/mol. The zero-order chi connectivity index (χ0) is 31.4. The second-order valence-electron chi connectivity index (χ2n) is 10.2. The summed E-state index contributed by atoms with van der Waals surface area (Å²) < 4.78 is 31.7. The van der Waals surface area contributed by atoms with Crippen molar-refractivity contribution in [2.24, 2.45) is 0 Å². The Kier molecular flexibility index (Phi) is 8.96. The topological polar surface area (TPSA) is 130 Å². The van der Waals surface area contributed by atoms with Crippen LogP contribution in [0.25, 0.3) is 5.69 Å². The lowest BCUT2D eigenvalue weighted by Gasteiger charge is -2.27. The number of sulfonamides is 1. The van der Waals surface area contributed by atoms with E-state index >= 15 is 0 Å². The molecule has 0 aliphatic rings. The number of carbonyl (C=O) groups is 2. The number of H-pyrrole nitrogens is 1. The van der Waals surface area contributed by atoms with E-state index in [9.17, 15) is 22.8 Å². The van der Waals surface area contributed by atoms with E-state index in [1.807, 2.05) is 6.07 Å². The lowest BCUT2D eigenvalue weighted by molar-refractivity contribution is -0.114. The van der Waals surface area contributed by atoms with Crippen LogP contribution in [0.4, 0.5) is 5.69 Å². The standard InChI is InChI=1S/C33H29ClN4O5S/c1-21-29(33(41)38(36-21)27-11-7-4-8-12-27)30(23-13-15-25(34)16-14-23)31(32(40)24-9-5-3-6-10-24)37-44(42,43)28-19-17-26(18-20-28)35-22(2)39/h3-20,30-31,36-37H,1-2H3,(H,35,39)/t30-,31-/m1/s1. The van der Waals surface area contributed by atoms with Crippen molar-refractivity contribution in [2.75, 3.05) is 5.32 Å². The van der Waals surface area contributed by atoms with E-state index in [-0.39, 0.29) is 21.9 Å². The summed E-state index contributed by atoms with van der Waals surface area (Å²) in [6.07, 6.45) is 0. The molecule has 0 saturated carbocycles. The number of ketones is 1. The minimum absolute atomic E-state index is 0.125. The van der Waals surface area contributed by atoms with Crippen LogP contribution in [-0.4, -0.2) is 35.9 Å².